The van der Waals surface area contributed by atoms with E-state index in [0.717, 1.165) is 32.4 Å². The Labute approximate surface area is 91.6 Å². The summed E-state index contributed by atoms with van der Waals surface area (Å²) in [6, 6.07) is -0.112. The van der Waals surface area contributed by atoms with Gasteiger partial charge in [0.15, 0.2) is 0 Å². The lowest BCUT2D eigenvalue weighted by molar-refractivity contribution is 0.182. The lowest BCUT2D eigenvalue weighted by atomic mass is 10.2. The van der Waals surface area contributed by atoms with Crippen LogP contribution in [-0.2, 0) is 0 Å². The Hall–Kier alpha value is -0.770. The third-order valence-electron chi connectivity index (χ3n) is 2.93. The minimum absolute atomic E-state index is 0.0159. The molecule has 0 radical (unpaired) electrons. The number of nitrogens with one attached hydrogen (secondary N) is 1. The van der Waals surface area contributed by atoms with Crippen molar-refractivity contribution < 1.29 is 9.90 Å². The molecule has 1 aliphatic rings. The van der Waals surface area contributed by atoms with Crippen LogP contribution in [0.25, 0.3) is 0 Å². The van der Waals surface area contributed by atoms with Crippen molar-refractivity contribution in [3.63, 3.8) is 0 Å². The van der Waals surface area contributed by atoms with Gasteiger partial charge in [-0.25, -0.2) is 4.79 Å². The summed E-state index contributed by atoms with van der Waals surface area (Å²) in [5.41, 5.74) is 0. The maximum atomic E-state index is 11.8. The molecule has 1 heterocycles. The first-order chi connectivity index (χ1) is 7.27. The molecule has 4 heteroatoms. The number of rotatable bonds is 3. The van der Waals surface area contributed by atoms with E-state index >= 15 is 0 Å². The number of aliphatic hydroxyl groups excluding tert-OH is 1. The summed E-state index contributed by atoms with van der Waals surface area (Å²) in [6.45, 7) is 3.70. The molecule has 2 N–H and O–H groups in total. The van der Waals surface area contributed by atoms with Crippen molar-refractivity contribution in [3.05, 3.63) is 0 Å². The topological polar surface area (TPSA) is 52.6 Å². The van der Waals surface area contributed by atoms with E-state index in [9.17, 15) is 4.79 Å². The molecule has 0 saturated carbocycles. The fraction of sp³-hybridized carbons (Fsp3) is 0.909. The number of carbonyl (C=O) groups is 1. The van der Waals surface area contributed by atoms with Crippen LogP contribution in [0, 0.1) is 0 Å². The van der Waals surface area contributed by atoms with Gasteiger partial charge in [-0.1, -0.05) is 19.8 Å². The van der Waals surface area contributed by atoms with Crippen molar-refractivity contribution in [2.75, 3.05) is 19.7 Å². The maximum absolute atomic E-state index is 11.8. The largest absolute Gasteiger partial charge is 0.394 e. The molecule has 1 aliphatic heterocycles. The third kappa shape index (κ3) is 4.08. The van der Waals surface area contributed by atoms with E-state index in [0.29, 0.717) is 0 Å². The Morgan fingerprint density at radius 3 is 2.40 bits per heavy atom. The van der Waals surface area contributed by atoms with Gasteiger partial charge in [-0.05, 0) is 19.3 Å². The number of hydrogen-bond donors (Lipinski definition) is 2. The Morgan fingerprint density at radius 1 is 1.33 bits per heavy atom. The van der Waals surface area contributed by atoms with Gasteiger partial charge in [0.2, 0.25) is 0 Å². The van der Waals surface area contributed by atoms with Crippen LogP contribution in [0.1, 0.15) is 39.0 Å². The van der Waals surface area contributed by atoms with Crippen molar-refractivity contribution in [2.24, 2.45) is 0 Å². The molecule has 1 atom stereocenters. The van der Waals surface area contributed by atoms with Crippen LogP contribution >= 0.6 is 0 Å². The van der Waals surface area contributed by atoms with Gasteiger partial charge in [-0.3, -0.25) is 0 Å². The summed E-state index contributed by atoms with van der Waals surface area (Å²) in [4.78, 5) is 13.6. The van der Waals surface area contributed by atoms with Gasteiger partial charge in [0, 0.05) is 13.1 Å². The molecule has 0 unspecified atom stereocenters. The number of amides is 2. The predicted molar refractivity (Wildman–Crippen MR) is 59.7 cm³/mol. The SMILES string of the molecule is CC[C@@H](CO)NC(=O)N1CCCCCC1. The van der Waals surface area contributed by atoms with Crippen molar-refractivity contribution in [1.29, 1.82) is 0 Å². The molecular weight excluding hydrogens is 192 g/mol. The Balaban J connectivity index is 2.36. The molecule has 1 saturated heterocycles. The van der Waals surface area contributed by atoms with E-state index in [1.807, 2.05) is 11.8 Å². The summed E-state index contributed by atoms with van der Waals surface area (Å²) in [5, 5.41) is 11.8. The highest BCUT2D eigenvalue weighted by Crippen LogP contribution is 2.09. The molecule has 0 bridgehead atoms. The number of likely N-dealkylation sites (tertiary alicyclic amines) is 1. The Bertz CT molecular complexity index is 185. The molecule has 0 aromatic carbocycles. The fourth-order valence-electron chi connectivity index (χ4n) is 1.82. The van der Waals surface area contributed by atoms with Crippen molar-refractivity contribution >= 4 is 6.03 Å². The van der Waals surface area contributed by atoms with Crippen molar-refractivity contribution in [2.45, 2.75) is 45.1 Å². The van der Waals surface area contributed by atoms with Crippen LogP contribution in [-0.4, -0.2) is 41.8 Å². The molecule has 0 aromatic rings. The second-order valence-corrected chi connectivity index (χ2v) is 4.14. The van der Waals surface area contributed by atoms with Crippen LogP contribution in [0.3, 0.4) is 0 Å². The minimum Gasteiger partial charge on any atom is -0.394 e. The van der Waals surface area contributed by atoms with Crippen molar-refractivity contribution in [1.82, 2.24) is 10.2 Å². The van der Waals surface area contributed by atoms with E-state index in [-0.39, 0.29) is 18.7 Å². The average Bonchev–Trinajstić information content (AvgIpc) is 2.54. The Kier molecular flexibility index (Phi) is 5.47. The van der Waals surface area contributed by atoms with Crippen LogP contribution in [0.5, 0.6) is 0 Å². The number of nitrogens with zero attached hydrogens (tertiary/aromatic N) is 1. The molecule has 0 spiro atoms. The first-order valence-electron chi connectivity index (χ1n) is 5.94. The van der Waals surface area contributed by atoms with E-state index in [2.05, 4.69) is 5.32 Å². The molecule has 1 rings (SSSR count). The zero-order valence-corrected chi connectivity index (χ0v) is 9.54. The fourth-order valence-corrected chi connectivity index (χ4v) is 1.82. The first kappa shape index (κ1) is 12.3. The summed E-state index contributed by atoms with van der Waals surface area (Å²) in [5.74, 6) is 0. The van der Waals surface area contributed by atoms with Crippen LogP contribution in [0.4, 0.5) is 4.79 Å². The van der Waals surface area contributed by atoms with E-state index < -0.39 is 0 Å². The monoisotopic (exact) mass is 214 g/mol. The van der Waals surface area contributed by atoms with Crippen molar-refractivity contribution in [3.8, 4) is 0 Å². The molecule has 15 heavy (non-hydrogen) atoms. The quantitative estimate of drug-likeness (QED) is 0.745. The Morgan fingerprint density at radius 2 is 1.93 bits per heavy atom. The summed E-state index contributed by atoms with van der Waals surface area (Å²) in [6.07, 6.45) is 5.42. The second-order valence-electron chi connectivity index (χ2n) is 4.14. The van der Waals surface area contributed by atoms with Gasteiger partial charge in [-0.2, -0.15) is 0 Å². The molecule has 1 fully saturated rings. The summed E-state index contributed by atoms with van der Waals surface area (Å²) >= 11 is 0. The van der Waals surface area contributed by atoms with Crippen LogP contribution in [0.15, 0.2) is 0 Å². The van der Waals surface area contributed by atoms with Gasteiger partial charge in [-0.15, -0.1) is 0 Å². The first-order valence-corrected chi connectivity index (χ1v) is 5.94. The molecule has 4 nitrogen and oxygen atoms in total. The lowest BCUT2D eigenvalue weighted by Crippen LogP contribution is -2.46. The second kappa shape index (κ2) is 6.67. The van der Waals surface area contributed by atoms with Gasteiger partial charge >= 0.3 is 6.03 Å². The number of aliphatic hydroxyl groups is 1. The highest BCUT2D eigenvalue weighted by molar-refractivity contribution is 5.74. The standard InChI is InChI=1S/C11H22N2O2/c1-2-10(9-14)12-11(15)13-7-5-3-4-6-8-13/h10,14H,2-9H2,1H3,(H,12,15)/t10-/m0/s1. The smallest absolute Gasteiger partial charge is 0.317 e. The zero-order chi connectivity index (χ0) is 11.1. The van der Waals surface area contributed by atoms with E-state index in [1.165, 1.54) is 12.8 Å². The molecule has 88 valence electrons. The molecule has 2 amide bonds. The normalized spacial score (nSPS) is 19.5. The number of hydrogen-bond acceptors (Lipinski definition) is 2. The maximum Gasteiger partial charge on any atom is 0.317 e. The predicted octanol–water partition coefficient (Wildman–Crippen LogP) is 1.34. The van der Waals surface area contributed by atoms with Gasteiger partial charge in [0.25, 0.3) is 0 Å². The number of carbonyl (C=O) groups excluding carboxylic acids is 1. The summed E-state index contributed by atoms with van der Waals surface area (Å²) in [7, 11) is 0. The lowest BCUT2D eigenvalue weighted by Gasteiger charge is -2.23. The van der Waals surface area contributed by atoms with Crippen LogP contribution < -0.4 is 5.32 Å². The summed E-state index contributed by atoms with van der Waals surface area (Å²) < 4.78 is 0. The molecule has 0 aromatic heterocycles. The average molecular weight is 214 g/mol. The van der Waals surface area contributed by atoms with Crippen LogP contribution in [0.2, 0.25) is 0 Å². The molecule has 0 aliphatic carbocycles. The highest BCUT2D eigenvalue weighted by Gasteiger charge is 2.17. The molecular formula is C11H22N2O2. The number of urea groups is 1. The third-order valence-corrected chi connectivity index (χ3v) is 2.93. The minimum atomic E-state index is -0.0965. The van der Waals surface area contributed by atoms with Gasteiger partial charge in [0.1, 0.15) is 0 Å². The van der Waals surface area contributed by atoms with Gasteiger partial charge in [0.05, 0.1) is 12.6 Å². The highest BCUT2D eigenvalue weighted by atomic mass is 16.3. The van der Waals surface area contributed by atoms with Gasteiger partial charge < -0.3 is 15.3 Å². The zero-order valence-electron chi connectivity index (χ0n) is 9.54. The van der Waals surface area contributed by atoms with E-state index in [4.69, 9.17) is 5.11 Å². The van der Waals surface area contributed by atoms with E-state index in [1.54, 1.807) is 0 Å².